The van der Waals surface area contributed by atoms with E-state index in [-0.39, 0.29) is 45.6 Å². The van der Waals surface area contributed by atoms with Crippen LogP contribution >= 0.6 is 11.3 Å². The molecular formula is C29H15F10NO2S. The first-order valence-corrected chi connectivity index (χ1v) is 12.8. The van der Waals surface area contributed by atoms with Crippen LogP contribution in [0.4, 0.5) is 43.9 Å². The lowest BCUT2D eigenvalue weighted by atomic mass is 9.98. The van der Waals surface area contributed by atoms with Crippen LogP contribution in [0.25, 0.3) is 32.5 Å². The second kappa shape index (κ2) is 11.2. The molecule has 0 aliphatic heterocycles. The maximum absolute atomic E-state index is 15.2. The predicted molar refractivity (Wildman–Crippen MR) is 137 cm³/mol. The molecule has 0 amide bonds. The maximum Gasteiger partial charge on any atom is 0.454 e. The standard InChI is InChI=1S/C29H15F10NO2S/c1-41-12-13-2-4-17(18(30)6-13)15-7-19(31)25(20(32)8-15)14-3-5-23-24(9-14)43-27(40-23)29(38,39)42-16-10-21(33)26(22(34)11-16)28(35,36)37/h2-11H,12H2,1H3. The van der Waals surface area contributed by atoms with Crippen molar-refractivity contribution in [2.75, 3.05) is 7.11 Å². The Morgan fingerprint density at radius 2 is 1.37 bits per heavy atom. The van der Waals surface area contributed by atoms with Gasteiger partial charge in [-0.3, -0.25) is 0 Å². The van der Waals surface area contributed by atoms with Gasteiger partial charge in [0.1, 0.15) is 40.4 Å². The topological polar surface area (TPSA) is 31.4 Å². The Kier molecular flexibility index (Phi) is 7.86. The van der Waals surface area contributed by atoms with Gasteiger partial charge in [0, 0.05) is 24.8 Å². The van der Waals surface area contributed by atoms with Crippen LogP contribution in [0.5, 0.6) is 5.75 Å². The average molecular weight is 631 g/mol. The predicted octanol–water partition coefficient (Wildman–Crippen LogP) is 9.62. The zero-order chi connectivity index (χ0) is 31.3. The summed E-state index contributed by atoms with van der Waals surface area (Å²) in [5.41, 5.74) is -2.59. The van der Waals surface area contributed by atoms with Gasteiger partial charge in [-0.05, 0) is 47.0 Å². The molecule has 0 spiro atoms. The second-order valence-electron chi connectivity index (χ2n) is 9.14. The molecule has 5 aromatic rings. The molecule has 0 saturated heterocycles. The zero-order valence-electron chi connectivity index (χ0n) is 21.4. The monoisotopic (exact) mass is 631 g/mol. The minimum Gasteiger partial charge on any atom is -0.427 e. The van der Waals surface area contributed by atoms with E-state index >= 15 is 8.78 Å². The molecule has 0 atom stereocenters. The van der Waals surface area contributed by atoms with E-state index < -0.39 is 63.3 Å². The lowest BCUT2D eigenvalue weighted by molar-refractivity contribution is -0.185. The first kappa shape index (κ1) is 30.3. The third-order valence-electron chi connectivity index (χ3n) is 6.17. The van der Waals surface area contributed by atoms with Crippen LogP contribution in [-0.4, -0.2) is 12.1 Å². The molecule has 0 aliphatic carbocycles. The van der Waals surface area contributed by atoms with Crippen LogP contribution in [0, 0.1) is 29.1 Å². The smallest absolute Gasteiger partial charge is 0.427 e. The fraction of sp³-hybridized carbons (Fsp3) is 0.138. The average Bonchev–Trinajstić information content (AvgIpc) is 3.32. The number of rotatable bonds is 7. The summed E-state index contributed by atoms with van der Waals surface area (Å²) in [7, 11) is 1.42. The summed E-state index contributed by atoms with van der Waals surface area (Å²) in [6.45, 7) is 0.130. The Hall–Kier alpha value is -4.17. The summed E-state index contributed by atoms with van der Waals surface area (Å²) in [6.07, 6.45) is -9.77. The molecule has 43 heavy (non-hydrogen) atoms. The highest BCUT2D eigenvalue weighted by molar-refractivity contribution is 7.18. The van der Waals surface area contributed by atoms with Gasteiger partial charge < -0.3 is 9.47 Å². The van der Waals surface area contributed by atoms with Crippen LogP contribution in [0.1, 0.15) is 16.1 Å². The molecule has 0 aliphatic rings. The van der Waals surface area contributed by atoms with Gasteiger partial charge in [-0.2, -0.15) is 22.0 Å². The summed E-state index contributed by atoms with van der Waals surface area (Å²) in [5, 5.41) is -1.05. The summed E-state index contributed by atoms with van der Waals surface area (Å²) >= 11 is 0.309. The highest BCUT2D eigenvalue weighted by Gasteiger charge is 2.41. The summed E-state index contributed by atoms with van der Waals surface area (Å²) in [5.74, 6) is -8.42. The Morgan fingerprint density at radius 1 is 0.721 bits per heavy atom. The largest absolute Gasteiger partial charge is 0.454 e. The van der Waals surface area contributed by atoms with Crippen molar-refractivity contribution in [3.8, 4) is 28.0 Å². The van der Waals surface area contributed by atoms with Crippen molar-refractivity contribution in [1.29, 1.82) is 0 Å². The third-order valence-corrected chi connectivity index (χ3v) is 7.24. The van der Waals surface area contributed by atoms with Crippen molar-refractivity contribution in [3.05, 3.63) is 106 Å². The van der Waals surface area contributed by atoms with Crippen molar-refractivity contribution >= 4 is 21.6 Å². The van der Waals surface area contributed by atoms with Crippen LogP contribution in [0.2, 0.25) is 0 Å². The quantitative estimate of drug-likeness (QED) is 0.168. The molecule has 14 heteroatoms. The molecule has 224 valence electrons. The molecule has 5 rings (SSSR count). The molecule has 1 aromatic heterocycles. The van der Waals surface area contributed by atoms with Gasteiger partial charge in [-0.1, -0.05) is 18.2 Å². The van der Waals surface area contributed by atoms with Crippen LogP contribution in [-0.2, 0) is 23.6 Å². The number of nitrogens with zero attached hydrogens (tertiary/aromatic N) is 1. The number of aromatic nitrogens is 1. The van der Waals surface area contributed by atoms with Crippen molar-refractivity contribution in [3.63, 3.8) is 0 Å². The van der Waals surface area contributed by atoms with E-state index in [1.807, 2.05) is 0 Å². The van der Waals surface area contributed by atoms with Crippen molar-refractivity contribution in [1.82, 2.24) is 4.98 Å². The number of methoxy groups -OCH3 is 1. The normalized spacial score (nSPS) is 12.3. The van der Waals surface area contributed by atoms with Crippen molar-refractivity contribution in [2.45, 2.75) is 18.9 Å². The van der Waals surface area contributed by atoms with Gasteiger partial charge in [0.05, 0.1) is 22.4 Å². The minimum atomic E-state index is -5.41. The molecule has 0 fully saturated rings. The second-order valence-corrected chi connectivity index (χ2v) is 10.2. The molecule has 0 bridgehead atoms. The maximum atomic E-state index is 15.2. The molecule has 0 unspecified atom stereocenters. The first-order chi connectivity index (χ1) is 20.2. The fourth-order valence-corrected chi connectivity index (χ4v) is 5.25. The highest BCUT2D eigenvalue weighted by Crippen LogP contribution is 2.41. The number of ether oxygens (including phenoxy) is 2. The lowest BCUT2D eigenvalue weighted by Crippen LogP contribution is -2.22. The van der Waals surface area contributed by atoms with Gasteiger partial charge in [0.15, 0.2) is 0 Å². The van der Waals surface area contributed by atoms with Gasteiger partial charge in [0.25, 0.3) is 0 Å². The molecular weight excluding hydrogens is 616 g/mol. The number of hydrogen-bond donors (Lipinski definition) is 0. The van der Waals surface area contributed by atoms with E-state index in [9.17, 15) is 35.1 Å². The van der Waals surface area contributed by atoms with E-state index in [4.69, 9.17) is 4.74 Å². The highest BCUT2D eigenvalue weighted by atomic mass is 32.1. The van der Waals surface area contributed by atoms with Crippen LogP contribution < -0.4 is 4.74 Å². The summed E-state index contributed by atoms with van der Waals surface area (Å²) < 4.78 is 150. The Labute approximate surface area is 239 Å². The summed E-state index contributed by atoms with van der Waals surface area (Å²) in [6, 6.07) is 9.34. The van der Waals surface area contributed by atoms with Crippen molar-refractivity contribution in [2.24, 2.45) is 0 Å². The van der Waals surface area contributed by atoms with E-state index in [0.717, 1.165) is 18.2 Å². The fourth-order valence-electron chi connectivity index (χ4n) is 4.33. The van der Waals surface area contributed by atoms with Gasteiger partial charge in [-0.15, -0.1) is 11.3 Å². The molecule has 0 radical (unpaired) electrons. The third kappa shape index (κ3) is 6.02. The van der Waals surface area contributed by atoms with E-state index in [1.54, 1.807) is 0 Å². The van der Waals surface area contributed by atoms with Gasteiger partial charge >= 0.3 is 12.3 Å². The van der Waals surface area contributed by atoms with Crippen LogP contribution in [0.3, 0.4) is 0 Å². The minimum absolute atomic E-state index is 0.00297. The molecule has 0 saturated carbocycles. The van der Waals surface area contributed by atoms with Gasteiger partial charge in [-0.25, -0.2) is 26.9 Å². The Bertz CT molecular complexity index is 1810. The van der Waals surface area contributed by atoms with Gasteiger partial charge in [0.2, 0.25) is 5.01 Å². The van der Waals surface area contributed by atoms with E-state index in [1.165, 1.54) is 37.4 Å². The number of hydrogen-bond acceptors (Lipinski definition) is 4. The lowest BCUT2D eigenvalue weighted by Gasteiger charge is -2.17. The Morgan fingerprint density at radius 3 is 1.95 bits per heavy atom. The molecule has 0 N–H and O–H groups in total. The number of benzene rings is 4. The van der Waals surface area contributed by atoms with Crippen LogP contribution in [0.15, 0.2) is 60.7 Å². The number of halogens is 10. The van der Waals surface area contributed by atoms with E-state index in [0.29, 0.717) is 16.9 Å². The SMILES string of the molecule is COCc1ccc(-c2cc(F)c(-c3ccc4nc(C(F)(F)Oc5cc(F)c(C(F)(F)F)c(F)c5)sc4c3)c(F)c2)c(F)c1. The number of thiazole rings is 1. The molecule has 1 heterocycles. The zero-order valence-corrected chi connectivity index (χ0v) is 22.2. The first-order valence-electron chi connectivity index (χ1n) is 12.0. The van der Waals surface area contributed by atoms with Crippen molar-refractivity contribution < 1.29 is 53.4 Å². The Balaban J connectivity index is 1.45. The number of fused-ring (bicyclic) bond motifs is 1. The van der Waals surface area contributed by atoms with E-state index in [2.05, 4.69) is 9.72 Å². The molecule has 4 aromatic carbocycles. The molecule has 3 nitrogen and oxygen atoms in total. The summed E-state index contributed by atoms with van der Waals surface area (Å²) in [4.78, 5) is 3.68. The number of alkyl halides is 5.